The third-order valence-electron chi connectivity index (χ3n) is 3.19. The van der Waals surface area contributed by atoms with Crippen molar-refractivity contribution in [2.75, 3.05) is 39.0 Å². The summed E-state index contributed by atoms with van der Waals surface area (Å²) in [5, 5.41) is 1.65. The van der Waals surface area contributed by atoms with Crippen molar-refractivity contribution in [2.24, 2.45) is 0 Å². The van der Waals surface area contributed by atoms with Gasteiger partial charge in [0.05, 0.1) is 0 Å². The summed E-state index contributed by atoms with van der Waals surface area (Å²) in [6, 6.07) is 1.52. The van der Waals surface area contributed by atoms with E-state index in [-0.39, 0.29) is 0 Å². The standard InChI is InChI=1S/C11H19N3O2S2/c1-13(6-7-14-4-2-3-5-14)18(15,16)11-8-10(12)9-17-11/h8-9H,2-7,12H2,1H3. The maximum Gasteiger partial charge on any atom is 0.252 e. The van der Waals surface area contributed by atoms with Gasteiger partial charge in [-0.2, -0.15) is 4.31 Å². The van der Waals surface area contributed by atoms with E-state index >= 15 is 0 Å². The molecule has 2 rings (SSSR count). The van der Waals surface area contributed by atoms with Crippen LogP contribution in [-0.2, 0) is 10.0 Å². The molecule has 1 aliphatic heterocycles. The van der Waals surface area contributed by atoms with Gasteiger partial charge in [0.15, 0.2) is 0 Å². The number of hydrogen-bond acceptors (Lipinski definition) is 5. The van der Waals surface area contributed by atoms with E-state index in [0.29, 0.717) is 16.4 Å². The third-order valence-corrected chi connectivity index (χ3v) is 6.48. The van der Waals surface area contributed by atoms with E-state index in [2.05, 4.69) is 4.90 Å². The summed E-state index contributed by atoms with van der Waals surface area (Å²) >= 11 is 1.17. The molecule has 1 fully saturated rings. The van der Waals surface area contributed by atoms with Gasteiger partial charge in [-0.15, -0.1) is 11.3 Å². The van der Waals surface area contributed by atoms with E-state index in [1.165, 1.54) is 34.6 Å². The van der Waals surface area contributed by atoms with Crippen LogP contribution in [0, 0.1) is 0 Å². The van der Waals surface area contributed by atoms with Crippen molar-refractivity contribution in [3.63, 3.8) is 0 Å². The molecule has 0 bridgehead atoms. The molecule has 0 saturated carbocycles. The van der Waals surface area contributed by atoms with Crippen molar-refractivity contribution in [1.29, 1.82) is 0 Å². The zero-order valence-corrected chi connectivity index (χ0v) is 12.1. The first kappa shape index (κ1) is 13.8. The smallest absolute Gasteiger partial charge is 0.252 e. The molecule has 0 amide bonds. The summed E-state index contributed by atoms with van der Waals surface area (Å²) in [5.41, 5.74) is 6.07. The Bertz CT molecular complexity index is 492. The van der Waals surface area contributed by atoms with Crippen LogP contribution in [0.5, 0.6) is 0 Å². The SMILES string of the molecule is CN(CCN1CCCC1)S(=O)(=O)c1cc(N)cs1. The summed E-state index contributed by atoms with van der Waals surface area (Å²) < 4.78 is 26.2. The maximum atomic E-state index is 12.2. The fraction of sp³-hybridized carbons (Fsp3) is 0.636. The van der Waals surface area contributed by atoms with Gasteiger partial charge in [-0.05, 0) is 32.0 Å². The van der Waals surface area contributed by atoms with Gasteiger partial charge in [0.2, 0.25) is 0 Å². The highest BCUT2D eigenvalue weighted by molar-refractivity contribution is 7.91. The van der Waals surface area contributed by atoms with Gasteiger partial charge in [-0.25, -0.2) is 8.42 Å². The Balaban J connectivity index is 1.96. The Labute approximate surface area is 112 Å². The Hall–Kier alpha value is -0.630. The number of anilines is 1. The minimum Gasteiger partial charge on any atom is -0.398 e. The monoisotopic (exact) mass is 289 g/mol. The molecule has 0 spiro atoms. The van der Waals surface area contributed by atoms with Crippen LogP contribution in [0.15, 0.2) is 15.7 Å². The number of rotatable bonds is 5. The molecule has 0 aliphatic carbocycles. The lowest BCUT2D eigenvalue weighted by Crippen LogP contribution is -2.34. The number of thiophene rings is 1. The van der Waals surface area contributed by atoms with Crippen molar-refractivity contribution in [1.82, 2.24) is 9.21 Å². The van der Waals surface area contributed by atoms with Crippen molar-refractivity contribution < 1.29 is 8.42 Å². The largest absolute Gasteiger partial charge is 0.398 e. The summed E-state index contributed by atoms with van der Waals surface area (Å²) in [5.74, 6) is 0. The normalized spacial score (nSPS) is 17.7. The quantitative estimate of drug-likeness (QED) is 0.880. The van der Waals surface area contributed by atoms with Gasteiger partial charge >= 0.3 is 0 Å². The molecule has 0 aromatic carbocycles. The molecule has 1 aromatic rings. The number of likely N-dealkylation sites (N-methyl/N-ethyl adjacent to an activating group) is 1. The highest BCUT2D eigenvalue weighted by atomic mass is 32.2. The molecule has 1 aliphatic rings. The molecule has 2 N–H and O–H groups in total. The molecule has 1 saturated heterocycles. The summed E-state index contributed by atoms with van der Waals surface area (Å²) in [6.45, 7) is 3.50. The fourth-order valence-electron chi connectivity index (χ4n) is 2.03. The van der Waals surface area contributed by atoms with Gasteiger partial charge in [0.25, 0.3) is 10.0 Å². The second-order valence-corrected chi connectivity index (χ2v) is 7.76. The van der Waals surface area contributed by atoms with E-state index in [1.54, 1.807) is 12.4 Å². The molecular formula is C11H19N3O2S2. The van der Waals surface area contributed by atoms with Gasteiger partial charge in [-0.1, -0.05) is 0 Å². The maximum absolute atomic E-state index is 12.2. The van der Waals surface area contributed by atoms with Crippen LogP contribution in [0.3, 0.4) is 0 Å². The Morgan fingerprint density at radius 1 is 1.44 bits per heavy atom. The first-order valence-electron chi connectivity index (χ1n) is 6.03. The molecule has 5 nitrogen and oxygen atoms in total. The zero-order valence-electron chi connectivity index (χ0n) is 10.5. The van der Waals surface area contributed by atoms with Crippen LogP contribution in [0.2, 0.25) is 0 Å². The topological polar surface area (TPSA) is 66.6 Å². The van der Waals surface area contributed by atoms with Crippen LogP contribution in [0.25, 0.3) is 0 Å². The molecule has 0 atom stereocenters. The Morgan fingerprint density at radius 2 is 2.11 bits per heavy atom. The van der Waals surface area contributed by atoms with Crippen LogP contribution in [0.4, 0.5) is 5.69 Å². The van der Waals surface area contributed by atoms with Crippen molar-refractivity contribution in [3.05, 3.63) is 11.4 Å². The number of likely N-dealkylation sites (tertiary alicyclic amines) is 1. The van der Waals surface area contributed by atoms with Gasteiger partial charge < -0.3 is 10.6 Å². The molecule has 7 heteroatoms. The highest BCUT2D eigenvalue weighted by Crippen LogP contribution is 2.24. The molecule has 18 heavy (non-hydrogen) atoms. The minimum atomic E-state index is -3.36. The summed E-state index contributed by atoms with van der Waals surface area (Å²) in [6.07, 6.45) is 2.44. The number of hydrogen-bond donors (Lipinski definition) is 1. The molecule has 102 valence electrons. The first-order chi connectivity index (χ1) is 8.50. The van der Waals surface area contributed by atoms with Crippen LogP contribution >= 0.6 is 11.3 Å². The predicted octanol–water partition coefficient (Wildman–Crippen LogP) is 1.05. The summed E-state index contributed by atoms with van der Waals surface area (Å²) in [4.78, 5) is 2.30. The second-order valence-electron chi connectivity index (χ2n) is 4.57. The van der Waals surface area contributed by atoms with Crippen molar-refractivity contribution in [2.45, 2.75) is 17.1 Å². The minimum absolute atomic E-state index is 0.323. The van der Waals surface area contributed by atoms with Gasteiger partial charge in [0.1, 0.15) is 4.21 Å². The van der Waals surface area contributed by atoms with Crippen LogP contribution in [0.1, 0.15) is 12.8 Å². The van der Waals surface area contributed by atoms with Crippen LogP contribution in [-0.4, -0.2) is 50.8 Å². The van der Waals surface area contributed by atoms with E-state index in [0.717, 1.165) is 19.6 Å². The summed E-state index contributed by atoms with van der Waals surface area (Å²) in [7, 11) is -1.74. The zero-order chi connectivity index (χ0) is 13.2. The van der Waals surface area contributed by atoms with E-state index < -0.39 is 10.0 Å². The lowest BCUT2D eigenvalue weighted by atomic mass is 10.4. The lowest BCUT2D eigenvalue weighted by Gasteiger charge is -2.20. The average molecular weight is 289 g/mol. The van der Waals surface area contributed by atoms with Crippen LogP contribution < -0.4 is 5.73 Å². The highest BCUT2D eigenvalue weighted by Gasteiger charge is 2.23. The molecule has 1 aromatic heterocycles. The molecule has 0 unspecified atom stereocenters. The Kier molecular flexibility index (Phi) is 4.26. The van der Waals surface area contributed by atoms with Crippen molar-refractivity contribution in [3.8, 4) is 0 Å². The molecular weight excluding hydrogens is 270 g/mol. The number of sulfonamides is 1. The second kappa shape index (κ2) is 5.56. The van der Waals surface area contributed by atoms with Gasteiger partial charge in [0, 0.05) is 31.2 Å². The number of nitrogen functional groups attached to an aromatic ring is 1. The Morgan fingerprint density at radius 3 is 2.67 bits per heavy atom. The fourth-order valence-corrected chi connectivity index (χ4v) is 4.48. The first-order valence-corrected chi connectivity index (χ1v) is 8.35. The average Bonchev–Trinajstić information content (AvgIpc) is 2.96. The van der Waals surface area contributed by atoms with E-state index in [1.807, 2.05) is 0 Å². The number of nitrogens with two attached hydrogens (primary N) is 1. The van der Waals surface area contributed by atoms with E-state index in [4.69, 9.17) is 5.73 Å². The van der Waals surface area contributed by atoms with E-state index in [9.17, 15) is 8.42 Å². The van der Waals surface area contributed by atoms with Crippen molar-refractivity contribution >= 4 is 27.0 Å². The third kappa shape index (κ3) is 3.03. The lowest BCUT2D eigenvalue weighted by molar-refractivity contribution is 0.310. The van der Waals surface area contributed by atoms with Gasteiger partial charge in [-0.3, -0.25) is 0 Å². The number of nitrogens with zero attached hydrogens (tertiary/aromatic N) is 2. The predicted molar refractivity (Wildman–Crippen MR) is 74.2 cm³/mol. The molecule has 2 heterocycles. The molecule has 0 radical (unpaired) electrons.